The Bertz CT molecular complexity index is 2480. The molecule has 0 aliphatic heterocycles. The minimum atomic E-state index is -0.486. The molecule has 0 fully saturated rings. The van der Waals surface area contributed by atoms with Crippen LogP contribution < -0.4 is 32.3 Å². The molecule has 5 aromatic carbocycles. The van der Waals surface area contributed by atoms with Gasteiger partial charge in [-0.25, -0.2) is 0 Å². The Labute approximate surface area is 379 Å². The fourth-order valence-corrected chi connectivity index (χ4v) is 7.05. The third-order valence-electron chi connectivity index (χ3n) is 9.98. The number of aryl methyl sites for hydroxylation is 2. The lowest BCUT2D eigenvalue weighted by atomic mass is 9.98. The van der Waals surface area contributed by atoms with Gasteiger partial charge in [0.25, 0.3) is 11.8 Å². The summed E-state index contributed by atoms with van der Waals surface area (Å²) in [5.41, 5.74) is 17.8. The highest BCUT2D eigenvalue weighted by atomic mass is 35.5. The number of nitrogens with one attached hydrogen (secondary N) is 6. The summed E-state index contributed by atoms with van der Waals surface area (Å²) in [7, 11) is 0. The third-order valence-corrected chi connectivity index (χ3v) is 11.4. The van der Waals surface area contributed by atoms with Gasteiger partial charge in [0.1, 0.15) is 22.9 Å². The number of Topliss-reactive ketones (excluding diaryl/α,β-unsaturated/α-hetero) is 2. The highest BCUT2D eigenvalue weighted by Gasteiger charge is 2.19. The molecule has 322 valence electrons. The number of hydrogen-bond acceptors (Lipinski definition) is 10. The Balaban J connectivity index is 1.24. The maximum Gasteiger partial charge on any atom is 0.255 e. The first-order valence-electron chi connectivity index (χ1n) is 19.1. The van der Waals surface area contributed by atoms with E-state index in [2.05, 4.69) is 32.3 Å². The first-order chi connectivity index (χ1) is 29.3. The largest absolute Gasteiger partial charge is 0.510 e. The van der Waals surface area contributed by atoms with Crippen LogP contribution in [-0.2, 0) is 22.4 Å². The molecule has 62 heavy (non-hydrogen) atoms. The predicted octanol–water partition coefficient (Wildman–Crippen LogP) is 11.1. The van der Waals surface area contributed by atoms with E-state index in [1.807, 2.05) is 32.0 Å². The molecule has 0 aliphatic carbocycles. The zero-order valence-corrected chi connectivity index (χ0v) is 37.6. The van der Waals surface area contributed by atoms with Crippen LogP contribution in [0.25, 0.3) is 0 Å². The number of aliphatic hydroxyl groups is 2. The summed E-state index contributed by atoms with van der Waals surface area (Å²) in [5.74, 6) is -2.34. The molecule has 0 saturated heterocycles. The lowest BCUT2D eigenvalue weighted by Crippen LogP contribution is -2.27. The Hall–Kier alpha value is -6.18. The molecule has 0 spiro atoms. The normalized spacial score (nSPS) is 11.8. The van der Waals surface area contributed by atoms with Gasteiger partial charge >= 0.3 is 0 Å². The van der Waals surface area contributed by atoms with Crippen LogP contribution in [0.1, 0.15) is 67.9 Å². The fourth-order valence-electron chi connectivity index (χ4n) is 6.17. The van der Waals surface area contributed by atoms with Gasteiger partial charge < -0.3 is 20.8 Å². The molecule has 8 N–H and O–H groups in total. The van der Waals surface area contributed by atoms with Gasteiger partial charge in [0.05, 0.1) is 21.4 Å². The molecule has 16 heteroatoms. The molecule has 0 radical (unpaired) electrons. The summed E-state index contributed by atoms with van der Waals surface area (Å²) in [4.78, 5) is 51.2. The molecule has 0 aliphatic rings. The van der Waals surface area contributed by atoms with E-state index in [-0.39, 0.29) is 62.3 Å². The number of amides is 2. The monoisotopic (exact) mass is 916 g/mol. The van der Waals surface area contributed by atoms with Crippen LogP contribution in [-0.4, -0.2) is 33.6 Å². The molecule has 5 aromatic rings. The summed E-state index contributed by atoms with van der Waals surface area (Å²) in [5, 5.41) is 29.0. The van der Waals surface area contributed by atoms with Crippen molar-refractivity contribution < 1.29 is 29.4 Å². The number of carbonyl (C=O) groups excluding carboxylic acids is 4. The van der Waals surface area contributed by atoms with Crippen molar-refractivity contribution in [3.8, 4) is 0 Å². The highest BCUT2D eigenvalue weighted by molar-refractivity contribution is 6.34. The topological polar surface area (TPSA) is 181 Å². The van der Waals surface area contributed by atoms with Crippen LogP contribution in [0, 0.1) is 27.7 Å². The van der Waals surface area contributed by atoms with Gasteiger partial charge in [-0.3, -0.25) is 40.9 Å². The van der Waals surface area contributed by atoms with Crippen LogP contribution in [0.5, 0.6) is 0 Å². The molecule has 0 bridgehead atoms. The van der Waals surface area contributed by atoms with Crippen molar-refractivity contribution in [1.29, 1.82) is 0 Å². The molecule has 0 saturated carbocycles. The average Bonchev–Trinajstić information content (AvgIpc) is 3.21. The van der Waals surface area contributed by atoms with Crippen LogP contribution in [0.4, 0.5) is 22.7 Å². The molecule has 12 nitrogen and oxygen atoms in total. The van der Waals surface area contributed by atoms with Crippen LogP contribution in [0.15, 0.2) is 108 Å². The van der Waals surface area contributed by atoms with Gasteiger partial charge in [-0.05, 0) is 122 Å². The van der Waals surface area contributed by atoms with Gasteiger partial charge in [-0.2, -0.15) is 0 Å². The van der Waals surface area contributed by atoms with E-state index in [0.29, 0.717) is 50.0 Å². The average molecular weight is 919 g/mol. The summed E-state index contributed by atoms with van der Waals surface area (Å²) in [6.45, 7) is 9.98. The smallest absolute Gasteiger partial charge is 0.255 e. The summed E-state index contributed by atoms with van der Waals surface area (Å²) in [6, 6.07) is 23.3. The number of ketones is 2. The Morgan fingerprint density at radius 1 is 0.500 bits per heavy atom. The van der Waals surface area contributed by atoms with Crippen molar-refractivity contribution in [3.63, 3.8) is 0 Å². The van der Waals surface area contributed by atoms with Crippen molar-refractivity contribution in [2.45, 2.75) is 54.4 Å². The molecule has 0 unspecified atom stereocenters. The van der Waals surface area contributed by atoms with E-state index < -0.39 is 17.5 Å². The first kappa shape index (κ1) is 46.9. The SMILES string of the molecule is CC(=O)/C(NNc1ccc(C(=O)Nc2cccc(Cl)c2C)cc1Cl)=C(/O)Cc1cc(Cl)c(C/C(O)=C(/NNc2ccc(C(=O)Nc3cccc(C)c3C)cc2Cl)C(C)=O)cc1C. The number of benzene rings is 5. The van der Waals surface area contributed by atoms with Crippen LogP contribution in [0.2, 0.25) is 20.1 Å². The standard InChI is InChI=1S/C46H44Cl4N6O6/c1-23-9-7-11-37(25(23)3)51-45(61)29-13-15-40(35(49)18-29)54-56-44(28(6)58)42(60)22-32-17-24(2)31(20-34(32)48)21-41(59)43(27(5)57)55-53-39-16-14-30(19-36(39)50)46(62)52-38-12-8-10-33(47)26(38)4/h7-20,53-56,59-60H,21-22H2,1-6H3,(H,51,61)(H,52,62)/b43-41-,44-42-. The van der Waals surface area contributed by atoms with E-state index in [9.17, 15) is 29.4 Å². The van der Waals surface area contributed by atoms with Gasteiger partial charge in [0.15, 0.2) is 11.6 Å². The number of rotatable bonds is 16. The maximum absolute atomic E-state index is 13.0. The van der Waals surface area contributed by atoms with Crippen molar-refractivity contribution in [2.75, 3.05) is 21.5 Å². The van der Waals surface area contributed by atoms with E-state index >= 15 is 0 Å². The van der Waals surface area contributed by atoms with Crippen molar-refractivity contribution in [2.24, 2.45) is 0 Å². The number of aliphatic hydroxyl groups excluding tert-OH is 2. The van der Waals surface area contributed by atoms with Gasteiger partial charge in [0.2, 0.25) is 0 Å². The third kappa shape index (κ3) is 11.6. The van der Waals surface area contributed by atoms with Crippen molar-refractivity contribution in [1.82, 2.24) is 10.9 Å². The van der Waals surface area contributed by atoms with E-state index in [4.69, 9.17) is 46.4 Å². The highest BCUT2D eigenvalue weighted by Crippen LogP contribution is 2.29. The first-order valence-corrected chi connectivity index (χ1v) is 20.6. The lowest BCUT2D eigenvalue weighted by molar-refractivity contribution is -0.115. The molecule has 5 rings (SSSR count). The molecule has 0 aromatic heterocycles. The van der Waals surface area contributed by atoms with Crippen LogP contribution >= 0.6 is 46.4 Å². The number of halogens is 4. The molecule has 2 amide bonds. The van der Waals surface area contributed by atoms with E-state index in [0.717, 1.165) is 16.7 Å². The Morgan fingerprint density at radius 2 is 0.968 bits per heavy atom. The fraction of sp³-hybridized carbons (Fsp3) is 0.174. The Kier molecular flexibility index (Phi) is 15.6. The lowest BCUT2D eigenvalue weighted by Gasteiger charge is -2.17. The van der Waals surface area contributed by atoms with Gasteiger partial charge in [0, 0.05) is 59.2 Å². The molecular weight excluding hydrogens is 874 g/mol. The number of hydrazine groups is 2. The summed E-state index contributed by atoms with van der Waals surface area (Å²) >= 11 is 25.8. The van der Waals surface area contributed by atoms with Crippen molar-refractivity contribution in [3.05, 3.63) is 172 Å². The number of carbonyl (C=O) groups is 4. The second kappa shape index (κ2) is 20.6. The van der Waals surface area contributed by atoms with Gasteiger partial charge in [-0.15, -0.1) is 0 Å². The molecule has 0 atom stereocenters. The predicted molar refractivity (Wildman–Crippen MR) is 249 cm³/mol. The maximum atomic E-state index is 13.0. The molecule has 0 heterocycles. The van der Waals surface area contributed by atoms with E-state index in [1.165, 1.54) is 26.0 Å². The quantitative estimate of drug-likeness (QED) is 0.0270. The second-order valence-corrected chi connectivity index (χ2v) is 16.1. The number of hydrogen-bond donors (Lipinski definition) is 8. The summed E-state index contributed by atoms with van der Waals surface area (Å²) in [6.07, 6.45) is -0.230. The summed E-state index contributed by atoms with van der Waals surface area (Å²) < 4.78 is 0. The molecular formula is C46H44Cl4N6O6. The minimum absolute atomic E-state index is 0.0933. The number of allylic oxidation sites excluding steroid dienone is 4. The zero-order chi connectivity index (χ0) is 45.4. The zero-order valence-electron chi connectivity index (χ0n) is 34.5. The minimum Gasteiger partial charge on any atom is -0.510 e. The number of anilines is 4. The van der Waals surface area contributed by atoms with E-state index in [1.54, 1.807) is 68.4 Å². The van der Waals surface area contributed by atoms with Crippen LogP contribution in [0.3, 0.4) is 0 Å². The van der Waals surface area contributed by atoms with Gasteiger partial charge in [-0.1, -0.05) is 70.7 Å². The van der Waals surface area contributed by atoms with Crippen molar-refractivity contribution >= 4 is 92.5 Å². The second-order valence-electron chi connectivity index (χ2n) is 14.4. The Morgan fingerprint density at radius 3 is 1.45 bits per heavy atom.